The van der Waals surface area contributed by atoms with E-state index < -0.39 is 0 Å². The molecule has 6 nitrogen and oxygen atoms in total. The van der Waals surface area contributed by atoms with Crippen molar-refractivity contribution in [3.63, 3.8) is 0 Å². The van der Waals surface area contributed by atoms with Gasteiger partial charge in [0.05, 0.1) is 19.9 Å². The van der Waals surface area contributed by atoms with Gasteiger partial charge in [-0.25, -0.2) is 0 Å². The van der Waals surface area contributed by atoms with Gasteiger partial charge in [-0.1, -0.05) is 11.6 Å². The van der Waals surface area contributed by atoms with Crippen molar-refractivity contribution in [2.45, 2.75) is 0 Å². The van der Waals surface area contributed by atoms with Crippen LogP contribution in [0, 0.1) is 0 Å². The molecule has 0 bridgehead atoms. The predicted octanol–water partition coefficient (Wildman–Crippen LogP) is 3.59. The van der Waals surface area contributed by atoms with Gasteiger partial charge in [0.15, 0.2) is 5.75 Å². The lowest BCUT2D eigenvalue weighted by Crippen LogP contribution is -2.02. The summed E-state index contributed by atoms with van der Waals surface area (Å²) < 4.78 is 10.3. The fourth-order valence-corrected chi connectivity index (χ4v) is 2.18. The molecule has 0 saturated heterocycles. The van der Waals surface area contributed by atoms with Gasteiger partial charge in [-0.15, -0.1) is 0 Å². The monoisotopic (exact) mass is 334 g/mol. The number of halogens is 3. The Bertz CT molecular complexity index is 619. The number of nitrogens with one attached hydrogen (secondary N) is 1. The summed E-state index contributed by atoms with van der Waals surface area (Å²) in [7, 11) is 3.00. The Morgan fingerprint density at radius 2 is 1.60 bits per heavy atom. The van der Waals surface area contributed by atoms with Gasteiger partial charge in [0.1, 0.15) is 10.8 Å². The molecule has 9 heteroatoms. The summed E-state index contributed by atoms with van der Waals surface area (Å²) in [6.45, 7) is 0. The van der Waals surface area contributed by atoms with Crippen LogP contribution in [0.1, 0.15) is 0 Å². The van der Waals surface area contributed by atoms with Gasteiger partial charge < -0.3 is 14.8 Å². The summed E-state index contributed by atoms with van der Waals surface area (Å²) in [5.41, 5.74) is 0.539. The first kappa shape index (κ1) is 14.9. The number of methoxy groups -OCH3 is 2. The number of rotatable bonds is 4. The zero-order valence-corrected chi connectivity index (χ0v) is 12.7. The summed E-state index contributed by atoms with van der Waals surface area (Å²) in [5.74, 6) is 1.05. The van der Waals surface area contributed by atoms with Crippen molar-refractivity contribution in [3.8, 4) is 11.5 Å². The number of hydrogen-bond acceptors (Lipinski definition) is 6. The van der Waals surface area contributed by atoms with Crippen LogP contribution in [0.4, 0.5) is 11.6 Å². The Balaban J connectivity index is 2.40. The molecule has 1 heterocycles. The second kappa shape index (κ2) is 6.30. The van der Waals surface area contributed by atoms with Crippen molar-refractivity contribution in [2.24, 2.45) is 0 Å². The van der Waals surface area contributed by atoms with Crippen molar-refractivity contribution in [3.05, 3.63) is 27.7 Å². The minimum Gasteiger partial charge on any atom is -0.495 e. The molecule has 0 radical (unpaired) electrons. The third-order valence-electron chi connectivity index (χ3n) is 2.31. The molecule has 0 spiro atoms. The third kappa shape index (κ3) is 3.15. The highest BCUT2D eigenvalue weighted by atomic mass is 35.5. The highest BCUT2D eigenvalue weighted by Gasteiger charge is 2.14. The van der Waals surface area contributed by atoms with E-state index in [2.05, 4.69) is 20.3 Å². The zero-order chi connectivity index (χ0) is 14.7. The quantitative estimate of drug-likeness (QED) is 0.921. The van der Waals surface area contributed by atoms with Crippen LogP contribution in [0.15, 0.2) is 12.1 Å². The zero-order valence-electron chi connectivity index (χ0n) is 10.4. The van der Waals surface area contributed by atoms with Crippen molar-refractivity contribution >= 4 is 46.4 Å². The lowest BCUT2D eigenvalue weighted by molar-refractivity contribution is 0.396. The number of ether oxygens (including phenoxy) is 2. The van der Waals surface area contributed by atoms with E-state index in [1.807, 2.05) is 0 Å². The van der Waals surface area contributed by atoms with Crippen LogP contribution >= 0.6 is 34.8 Å². The van der Waals surface area contributed by atoms with E-state index in [4.69, 9.17) is 44.3 Å². The smallest absolute Gasteiger partial charge is 0.232 e. The molecule has 2 aromatic rings. The topological polar surface area (TPSA) is 69.2 Å². The van der Waals surface area contributed by atoms with Crippen molar-refractivity contribution in [2.75, 3.05) is 19.5 Å². The maximum Gasteiger partial charge on any atom is 0.232 e. The molecule has 0 aliphatic carbocycles. The van der Waals surface area contributed by atoms with Crippen molar-refractivity contribution in [1.82, 2.24) is 15.0 Å². The number of nitrogens with zero attached hydrogens (tertiary/aromatic N) is 3. The third-order valence-corrected chi connectivity index (χ3v) is 3.01. The summed E-state index contributed by atoms with van der Waals surface area (Å²) in [5, 5.41) is 3.18. The second-order valence-electron chi connectivity index (χ2n) is 3.48. The van der Waals surface area contributed by atoms with Gasteiger partial charge in [0.2, 0.25) is 16.5 Å². The Morgan fingerprint density at radius 3 is 2.15 bits per heavy atom. The van der Waals surface area contributed by atoms with E-state index in [1.165, 1.54) is 14.2 Å². The highest BCUT2D eigenvalue weighted by Crippen LogP contribution is 2.40. The standard InChI is InChI=1S/C11H9Cl3N4O2/c1-19-6-4-3-5(8(20-2)7(6)12)15-11-17-9(13)16-10(14)18-11/h3-4H,1-2H3,(H,15,16,17,18). The van der Waals surface area contributed by atoms with E-state index in [9.17, 15) is 0 Å². The molecule has 0 amide bonds. The molecule has 0 atom stereocenters. The van der Waals surface area contributed by atoms with E-state index in [-0.39, 0.29) is 16.5 Å². The first-order valence-electron chi connectivity index (χ1n) is 5.29. The van der Waals surface area contributed by atoms with Gasteiger partial charge in [0.25, 0.3) is 0 Å². The van der Waals surface area contributed by atoms with Crippen molar-refractivity contribution < 1.29 is 9.47 Å². The largest absolute Gasteiger partial charge is 0.495 e. The second-order valence-corrected chi connectivity index (χ2v) is 4.54. The van der Waals surface area contributed by atoms with Gasteiger partial charge in [-0.3, -0.25) is 0 Å². The average molecular weight is 336 g/mol. The fraction of sp³-hybridized carbons (Fsp3) is 0.182. The first-order valence-corrected chi connectivity index (χ1v) is 6.43. The number of aromatic nitrogens is 3. The van der Waals surface area contributed by atoms with Gasteiger partial charge >= 0.3 is 0 Å². The first-order chi connectivity index (χ1) is 9.55. The van der Waals surface area contributed by atoms with Gasteiger partial charge in [0, 0.05) is 0 Å². The van der Waals surface area contributed by atoms with Crippen LogP contribution in [0.3, 0.4) is 0 Å². The predicted molar refractivity (Wildman–Crippen MR) is 77.7 cm³/mol. The maximum absolute atomic E-state index is 6.15. The van der Waals surface area contributed by atoms with Crippen LogP contribution in [-0.4, -0.2) is 29.2 Å². The molecule has 20 heavy (non-hydrogen) atoms. The summed E-state index contributed by atoms with van der Waals surface area (Å²) in [6, 6.07) is 3.38. The van der Waals surface area contributed by atoms with Crippen LogP contribution in [-0.2, 0) is 0 Å². The number of benzene rings is 1. The molecule has 0 aliphatic heterocycles. The molecular weight excluding hydrogens is 327 g/mol. The van der Waals surface area contributed by atoms with Gasteiger partial charge in [-0.05, 0) is 35.3 Å². The molecule has 0 saturated carbocycles. The van der Waals surface area contributed by atoms with E-state index in [0.717, 1.165) is 0 Å². The van der Waals surface area contributed by atoms with E-state index in [1.54, 1.807) is 12.1 Å². The molecular formula is C11H9Cl3N4O2. The maximum atomic E-state index is 6.15. The summed E-state index contributed by atoms with van der Waals surface area (Å²) >= 11 is 17.6. The van der Waals surface area contributed by atoms with E-state index in [0.29, 0.717) is 22.2 Å². The molecule has 2 rings (SSSR count). The normalized spacial score (nSPS) is 10.2. The molecule has 106 valence electrons. The Hall–Kier alpha value is -1.50. The highest BCUT2D eigenvalue weighted by molar-refractivity contribution is 6.34. The van der Waals surface area contributed by atoms with Crippen LogP contribution in [0.25, 0.3) is 0 Å². The van der Waals surface area contributed by atoms with Crippen molar-refractivity contribution in [1.29, 1.82) is 0 Å². The number of hydrogen-bond donors (Lipinski definition) is 1. The Morgan fingerprint density at radius 1 is 0.950 bits per heavy atom. The molecule has 1 N–H and O–H groups in total. The minimum absolute atomic E-state index is 0.0222. The van der Waals surface area contributed by atoms with Crippen LogP contribution in [0.2, 0.25) is 15.6 Å². The Labute approximate surface area is 130 Å². The molecule has 0 aliphatic rings. The van der Waals surface area contributed by atoms with Crippen LogP contribution in [0.5, 0.6) is 11.5 Å². The minimum atomic E-state index is -0.0222. The lowest BCUT2D eigenvalue weighted by Gasteiger charge is -2.13. The van der Waals surface area contributed by atoms with Crippen LogP contribution < -0.4 is 14.8 Å². The molecule has 0 fully saturated rings. The molecule has 1 aromatic heterocycles. The lowest BCUT2D eigenvalue weighted by atomic mass is 10.2. The SMILES string of the molecule is COc1ccc(Nc2nc(Cl)nc(Cl)n2)c(OC)c1Cl. The Kier molecular flexibility index (Phi) is 4.69. The summed E-state index contributed by atoms with van der Waals surface area (Å²) in [4.78, 5) is 11.4. The summed E-state index contributed by atoms with van der Waals surface area (Å²) in [6.07, 6.45) is 0. The number of anilines is 2. The molecule has 1 aromatic carbocycles. The van der Waals surface area contributed by atoms with E-state index >= 15 is 0 Å². The molecule has 0 unspecified atom stereocenters. The fourth-order valence-electron chi connectivity index (χ4n) is 1.50. The average Bonchev–Trinajstić information content (AvgIpc) is 2.38. The van der Waals surface area contributed by atoms with Gasteiger partial charge in [-0.2, -0.15) is 15.0 Å².